The molecule has 2 aromatic rings. The Morgan fingerprint density at radius 3 is 2.57 bits per heavy atom. The van der Waals surface area contributed by atoms with Crippen LogP contribution in [0.5, 0.6) is 0 Å². The Morgan fingerprint density at radius 2 is 1.96 bits per heavy atom. The fourth-order valence-corrected chi connectivity index (χ4v) is 3.62. The van der Waals surface area contributed by atoms with Crippen LogP contribution in [0.2, 0.25) is 0 Å². The van der Waals surface area contributed by atoms with Crippen molar-refractivity contribution >= 4 is 26.8 Å². The molecule has 0 aliphatic heterocycles. The molecule has 1 heterocycles. The van der Waals surface area contributed by atoms with Crippen LogP contribution >= 0.6 is 0 Å². The number of aromatic nitrogens is 1. The zero-order valence-corrected chi connectivity index (χ0v) is 17.7. The summed E-state index contributed by atoms with van der Waals surface area (Å²) in [6.45, 7) is 4.76. The summed E-state index contributed by atoms with van der Waals surface area (Å²) in [5.41, 5.74) is 0.0172. The van der Waals surface area contributed by atoms with Gasteiger partial charge < -0.3 is 14.6 Å². The number of carbonyl (C=O) groups excluding carboxylic acids is 1. The van der Waals surface area contributed by atoms with Crippen LogP contribution in [0.3, 0.4) is 0 Å². The van der Waals surface area contributed by atoms with Crippen molar-refractivity contribution in [2.75, 3.05) is 27.2 Å². The predicted octanol–water partition coefficient (Wildman–Crippen LogP) is 1.33. The van der Waals surface area contributed by atoms with E-state index in [9.17, 15) is 18.0 Å². The number of ether oxygens (including phenoxy) is 1. The molecule has 0 fully saturated rings. The minimum absolute atomic E-state index is 0.00509. The van der Waals surface area contributed by atoms with E-state index < -0.39 is 21.4 Å². The lowest BCUT2D eigenvalue weighted by atomic mass is 10.1. The van der Waals surface area contributed by atoms with Crippen LogP contribution in [0, 0.1) is 0 Å². The molecule has 0 bridgehead atoms. The van der Waals surface area contributed by atoms with Crippen molar-refractivity contribution in [1.29, 1.82) is 0 Å². The summed E-state index contributed by atoms with van der Waals surface area (Å²) in [4.78, 5) is 25.3. The average Bonchev–Trinajstić information content (AvgIpc) is 2.63. The average molecular weight is 410 g/mol. The third-order valence-electron chi connectivity index (χ3n) is 4.24. The van der Waals surface area contributed by atoms with Crippen molar-refractivity contribution in [3.63, 3.8) is 0 Å². The Kier molecular flexibility index (Phi) is 6.97. The largest absolute Gasteiger partial charge is 0.379 e. The van der Waals surface area contributed by atoms with Gasteiger partial charge in [-0.25, -0.2) is 12.7 Å². The summed E-state index contributed by atoms with van der Waals surface area (Å²) in [5.74, 6) is -0.493. The Morgan fingerprint density at radius 1 is 1.29 bits per heavy atom. The first-order chi connectivity index (χ1) is 13.1. The van der Waals surface area contributed by atoms with Crippen molar-refractivity contribution in [1.82, 2.24) is 14.2 Å². The predicted molar refractivity (Wildman–Crippen MR) is 108 cm³/mol. The summed E-state index contributed by atoms with van der Waals surface area (Å²) >= 11 is 0. The number of hydrogen-bond donors (Lipinski definition) is 1. The first-order valence-corrected chi connectivity index (χ1v) is 10.5. The number of hydrogen-bond acceptors (Lipinski definition) is 5. The highest BCUT2D eigenvalue weighted by Gasteiger charge is 2.20. The van der Waals surface area contributed by atoms with Crippen molar-refractivity contribution in [2.24, 2.45) is 7.05 Å². The van der Waals surface area contributed by atoms with E-state index in [2.05, 4.69) is 5.32 Å². The lowest BCUT2D eigenvalue weighted by Gasteiger charge is -2.14. The molecule has 9 heteroatoms. The van der Waals surface area contributed by atoms with E-state index in [1.165, 1.54) is 32.4 Å². The molecule has 0 saturated heterocycles. The normalized spacial score (nSPS) is 12.1. The second-order valence-electron chi connectivity index (χ2n) is 6.98. The van der Waals surface area contributed by atoms with Crippen LogP contribution in [0.25, 0.3) is 10.9 Å². The van der Waals surface area contributed by atoms with Gasteiger partial charge in [0, 0.05) is 45.9 Å². The molecule has 1 amide bonds. The maximum atomic E-state index is 12.8. The van der Waals surface area contributed by atoms with E-state index >= 15 is 0 Å². The van der Waals surface area contributed by atoms with E-state index in [0.29, 0.717) is 25.1 Å². The number of benzene rings is 1. The molecule has 2 rings (SSSR count). The summed E-state index contributed by atoms with van der Waals surface area (Å²) in [6, 6.07) is 4.34. The van der Waals surface area contributed by atoms with Gasteiger partial charge in [0.2, 0.25) is 15.5 Å². The van der Waals surface area contributed by atoms with E-state index in [1.807, 2.05) is 13.8 Å². The minimum atomic E-state index is -3.69. The maximum Gasteiger partial charge on any atom is 0.256 e. The van der Waals surface area contributed by atoms with Crippen molar-refractivity contribution in [3.8, 4) is 0 Å². The summed E-state index contributed by atoms with van der Waals surface area (Å²) in [7, 11) is 0.858. The number of carbonyl (C=O) groups is 1. The van der Waals surface area contributed by atoms with Crippen LogP contribution in [0.4, 0.5) is 0 Å². The number of pyridine rings is 1. The highest BCUT2D eigenvalue weighted by molar-refractivity contribution is 7.89. The van der Waals surface area contributed by atoms with E-state index in [4.69, 9.17) is 4.74 Å². The Hall–Kier alpha value is -2.23. The van der Waals surface area contributed by atoms with E-state index in [1.54, 1.807) is 17.7 Å². The lowest BCUT2D eigenvalue weighted by Crippen LogP contribution is -2.31. The van der Waals surface area contributed by atoms with Crippen LogP contribution in [0.1, 0.15) is 30.6 Å². The zero-order valence-electron chi connectivity index (χ0n) is 16.9. The van der Waals surface area contributed by atoms with E-state index in [0.717, 1.165) is 4.31 Å². The molecule has 1 N–H and O–H groups in total. The Labute approximate surface area is 165 Å². The smallest absolute Gasteiger partial charge is 0.256 e. The molecular weight excluding hydrogens is 382 g/mol. The molecule has 0 saturated carbocycles. The van der Waals surface area contributed by atoms with Crippen LogP contribution < -0.4 is 10.7 Å². The van der Waals surface area contributed by atoms with Crippen molar-refractivity contribution in [2.45, 2.75) is 31.3 Å². The number of sulfonamides is 1. The molecule has 0 aliphatic carbocycles. The highest BCUT2D eigenvalue weighted by atomic mass is 32.2. The molecule has 0 atom stereocenters. The van der Waals surface area contributed by atoms with Gasteiger partial charge in [-0.2, -0.15) is 0 Å². The van der Waals surface area contributed by atoms with Crippen LogP contribution in [-0.2, 0) is 21.8 Å². The van der Waals surface area contributed by atoms with Crippen molar-refractivity contribution < 1.29 is 17.9 Å². The Bertz CT molecular complexity index is 1030. The number of nitrogens with zero attached hydrogens (tertiary/aromatic N) is 2. The third kappa shape index (κ3) is 4.78. The first-order valence-electron chi connectivity index (χ1n) is 9.01. The number of rotatable bonds is 8. The van der Waals surface area contributed by atoms with Gasteiger partial charge in [-0.15, -0.1) is 0 Å². The second kappa shape index (κ2) is 8.85. The molecule has 28 heavy (non-hydrogen) atoms. The number of amides is 1. The molecule has 8 nitrogen and oxygen atoms in total. The van der Waals surface area contributed by atoms with Gasteiger partial charge in [0.15, 0.2) is 0 Å². The molecule has 1 aromatic heterocycles. The maximum absolute atomic E-state index is 12.8. The molecule has 0 aliphatic rings. The molecule has 1 aromatic carbocycles. The minimum Gasteiger partial charge on any atom is -0.379 e. The molecule has 0 spiro atoms. The fourth-order valence-electron chi connectivity index (χ4n) is 2.69. The molecule has 0 unspecified atom stereocenters. The second-order valence-corrected chi connectivity index (χ2v) is 9.13. The van der Waals surface area contributed by atoms with Crippen molar-refractivity contribution in [3.05, 3.63) is 40.2 Å². The third-order valence-corrected chi connectivity index (χ3v) is 6.05. The quantitative estimate of drug-likeness (QED) is 0.664. The highest BCUT2D eigenvalue weighted by Crippen LogP contribution is 2.19. The van der Waals surface area contributed by atoms with Gasteiger partial charge in [0.25, 0.3) is 5.91 Å². The summed E-state index contributed by atoms with van der Waals surface area (Å²) in [5, 5.41) is 2.89. The fraction of sp³-hybridized carbons (Fsp3) is 0.474. The zero-order chi connectivity index (χ0) is 21.1. The SMILES string of the molecule is CC(C)OCCCNC(=O)c1cn(C)c2ccc(S(=O)(=O)N(C)C)cc2c1=O. The molecule has 154 valence electrons. The van der Waals surface area contributed by atoms with Crippen LogP contribution in [-0.4, -0.2) is 56.5 Å². The van der Waals surface area contributed by atoms with Gasteiger partial charge >= 0.3 is 0 Å². The van der Waals surface area contributed by atoms with Gasteiger partial charge in [-0.1, -0.05) is 0 Å². The van der Waals surface area contributed by atoms with E-state index in [-0.39, 0.29) is 21.9 Å². The van der Waals surface area contributed by atoms with Gasteiger partial charge in [-0.05, 0) is 38.5 Å². The van der Waals surface area contributed by atoms with Gasteiger partial charge in [0.05, 0.1) is 16.5 Å². The van der Waals surface area contributed by atoms with Gasteiger partial charge in [0.1, 0.15) is 5.56 Å². The lowest BCUT2D eigenvalue weighted by molar-refractivity contribution is 0.0757. The number of fused-ring (bicyclic) bond motifs is 1. The van der Waals surface area contributed by atoms with Crippen LogP contribution in [0.15, 0.2) is 34.1 Å². The Balaban J connectivity index is 2.34. The number of nitrogens with one attached hydrogen (secondary N) is 1. The number of aryl methyl sites for hydroxylation is 1. The standard InChI is InChI=1S/C19H27N3O5S/c1-13(2)27-10-6-9-20-19(24)16-12-22(5)17-8-7-14(11-15(17)18(16)23)28(25,26)21(3)4/h7-8,11-13H,6,9-10H2,1-5H3,(H,20,24). The molecule has 0 radical (unpaired) electrons. The monoisotopic (exact) mass is 409 g/mol. The first kappa shape index (κ1) is 22.1. The molecular formula is C19H27N3O5S. The topological polar surface area (TPSA) is 97.7 Å². The summed E-state index contributed by atoms with van der Waals surface area (Å²) in [6.07, 6.45) is 2.21. The summed E-state index contributed by atoms with van der Waals surface area (Å²) < 4.78 is 32.9. The van der Waals surface area contributed by atoms with Gasteiger partial charge in [-0.3, -0.25) is 9.59 Å².